The molecule has 0 aromatic heterocycles. The van der Waals surface area contributed by atoms with Crippen LogP contribution >= 0.6 is 0 Å². The van der Waals surface area contributed by atoms with Crippen molar-refractivity contribution < 1.29 is 14.3 Å². The standard InChI is InChI=1S/C26H28O3/c1-3-5-6-7-20-8-16-25(17-9-20)29-26(27)23-12-10-21(11-13-23)22-14-18-24(19-15-22)28-4-2/h8-19H,3-7H2,1-2H3. The highest BCUT2D eigenvalue weighted by Crippen LogP contribution is 2.23. The summed E-state index contributed by atoms with van der Waals surface area (Å²) in [4.78, 5) is 12.4. The van der Waals surface area contributed by atoms with E-state index in [2.05, 4.69) is 6.92 Å². The molecule has 3 heteroatoms. The second-order valence-corrected chi connectivity index (χ2v) is 7.03. The van der Waals surface area contributed by atoms with Gasteiger partial charge in [-0.05, 0) is 72.9 Å². The van der Waals surface area contributed by atoms with E-state index in [0.29, 0.717) is 17.9 Å². The van der Waals surface area contributed by atoms with Gasteiger partial charge in [0.05, 0.1) is 12.2 Å². The first-order valence-electron chi connectivity index (χ1n) is 10.3. The van der Waals surface area contributed by atoms with Gasteiger partial charge in [-0.3, -0.25) is 0 Å². The van der Waals surface area contributed by atoms with Crippen molar-refractivity contribution in [3.63, 3.8) is 0 Å². The predicted octanol–water partition coefficient (Wildman–Crippen LogP) is 6.70. The van der Waals surface area contributed by atoms with Crippen molar-refractivity contribution in [1.29, 1.82) is 0 Å². The van der Waals surface area contributed by atoms with Crippen LogP contribution in [0.2, 0.25) is 0 Å². The lowest BCUT2D eigenvalue weighted by atomic mass is 10.0. The summed E-state index contributed by atoms with van der Waals surface area (Å²) in [6, 6.07) is 23.2. The van der Waals surface area contributed by atoms with Crippen LogP contribution in [-0.4, -0.2) is 12.6 Å². The Bertz CT molecular complexity index is 894. The molecule has 0 bridgehead atoms. The molecule has 0 saturated carbocycles. The molecule has 3 aromatic rings. The molecule has 0 unspecified atom stereocenters. The van der Waals surface area contributed by atoms with Gasteiger partial charge in [-0.25, -0.2) is 4.79 Å². The quantitative estimate of drug-likeness (QED) is 0.232. The van der Waals surface area contributed by atoms with Crippen LogP contribution in [0.5, 0.6) is 11.5 Å². The van der Waals surface area contributed by atoms with Gasteiger partial charge in [0.15, 0.2) is 0 Å². The minimum atomic E-state index is -0.345. The molecular weight excluding hydrogens is 360 g/mol. The van der Waals surface area contributed by atoms with Crippen LogP contribution in [0.3, 0.4) is 0 Å². The van der Waals surface area contributed by atoms with Gasteiger partial charge in [0.1, 0.15) is 11.5 Å². The Morgan fingerprint density at radius 1 is 0.724 bits per heavy atom. The Labute approximate surface area is 173 Å². The summed E-state index contributed by atoms with van der Waals surface area (Å²) in [5, 5.41) is 0. The van der Waals surface area contributed by atoms with Gasteiger partial charge < -0.3 is 9.47 Å². The van der Waals surface area contributed by atoms with Crippen molar-refractivity contribution in [1.82, 2.24) is 0 Å². The smallest absolute Gasteiger partial charge is 0.343 e. The van der Waals surface area contributed by atoms with E-state index in [-0.39, 0.29) is 5.97 Å². The molecule has 3 aromatic carbocycles. The Balaban J connectivity index is 1.60. The number of esters is 1. The second-order valence-electron chi connectivity index (χ2n) is 7.03. The van der Waals surface area contributed by atoms with Gasteiger partial charge in [-0.2, -0.15) is 0 Å². The van der Waals surface area contributed by atoms with Gasteiger partial charge in [-0.15, -0.1) is 0 Å². The second kappa shape index (κ2) is 10.5. The van der Waals surface area contributed by atoms with Crippen molar-refractivity contribution in [2.24, 2.45) is 0 Å². The normalized spacial score (nSPS) is 10.6. The molecule has 0 aliphatic rings. The fourth-order valence-electron chi connectivity index (χ4n) is 3.18. The van der Waals surface area contributed by atoms with Crippen LogP contribution in [-0.2, 0) is 6.42 Å². The van der Waals surface area contributed by atoms with E-state index in [0.717, 1.165) is 23.3 Å². The van der Waals surface area contributed by atoms with E-state index in [1.807, 2.05) is 67.6 Å². The molecule has 0 atom stereocenters. The summed E-state index contributed by atoms with van der Waals surface area (Å²) in [6.45, 7) is 4.82. The first-order chi connectivity index (χ1) is 14.2. The maximum Gasteiger partial charge on any atom is 0.343 e. The zero-order valence-corrected chi connectivity index (χ0v) is 17.2. The van der Waals surface area contributed by atoms with Crippen LogP contribution in [0.15, 0.2) is 72.8 Å². The van der Waals surface area contributed by atoms with Gasteiger partial charge >= 0.3 is 5.97 Å². The van der Waals surface area contributed by atoms with Crippen LogP contribution in [0, 0.1) is 0 Å². The molecule has 29 heavy (non-hydrogen) atoms. The lowest BCUT2D eigenvalue weighted by Gasteiger charge is -2.08. The Morgan fingerprint density at radius 2 is 1.31 bits per heavy atom. The van der Waals surface area contributed by atoms with Crippen molar-refractivity contribution >= 4 is 5.97 Å². The van der Waals surface area contributed by atoms with Crippen LogP contribution < -0.4 is 9.47 Å². The van der Waals surface area contributed by atoms with Gasteiger partial charge in [-0.1, -0.05) is 56.2 Å². The largest absolute Gasteiger partial charge is 0.494 e. The molecule has 0 fully saturated rings. The number of rotatable bonds is 9. The number of aryl methyl sites for hydroxylation is 1. The third-order valence-corrected chi connectivity index (χ3v) is 4.82. The average Bonchev–Trinajstić information content (AvgIpc) is 2.76. The first kappa shape index (κ1) is 20.7. The van der Waals surface area contributed by atoms with E-state index in [9.17, 15) is 4.79 Å². The first-order valence-corrected chi connectivity index (χ1v) is 10.3. The van der Waals surface area contributed by atoms with Crippen LogP contribution in [0.1, 0.15) is 49.0 Å². The van der Waals surface area contributed by atoms with E-state index in [1.165, 1.54) is 24.8 Å². The van der Waals surface area contributed by atoms with E-state index in [4.69, 9.17) is 9.47 Å². The van der Waals surface area contributed by atoms with E-state index >= 15 is 0 Å². The summed E-state index contributed by atoms with van der Waals surface area (Å²) in [7, 11) is 0. The molecule has 0 heterocycles. The molecule has 150 valence electrons. The van der Waals surface area contributed by atoms with Gasteiger partial charge in [0, 0.05) is 0 Å². The van der Waals surface area contributed by atoms with Crippen LogP contribution in [0.25, 0.3) is 11.1 Å². The Kier molecular flexibility index (Phi) is 7.46. The third kappa shape index (κ3) is 5.95. The number of carbonyl (C=O) groups excluding carboxylic acids is 1. The van der Waals surface area contributed by atoms with Crippen molar-refractivity contribution in [3.8, 4) is 22.6 Å². The Hall–Kier alpha value is -3.07. The maximum atomic E-state index is 12.4. The van der Waals surface area contributed by atoms with Crippen molar-refractivity contribution in [3.05, 3.63) is 83.9 Å². The minimum absolute atomic E-state index is 0.345. The minimum Gasteiger partial charge on any atom is -0.494 e. The van der Waals surface area contributed by atoms with Crippen LogP contribution in [0.4, 0.5) is 0 Å². The van der Waals surface area contributed by atoms with Gasteiger partial charge in [0.25, 0.3) is 0 Å². The fourth-order valence-corrected chi connectivity index (χ4v) is 3.18. The number of unbranched alkanes of at least 4 members (excludes halogenated alkanes) is 2. The Morgan fingerprint density at radius 3 is 1.90 bits per heavy atom. The molecular formula is C26H28O3. The highest BCUT2D eigenvalue weighted by molar-refractivity contribution is 5.91. The van der Waals surface area contributed by atoms with Crippen molar-refractivity contribution in [2.75, 3.05) is 6.61 Å². The highest BCUT2D eigenvalue weighted by atomic mass is 16.5. The maximum absolute atomic E-state index is 12.4. The molecule has 3 rings (SSSR count). The lowest BCUT2D eigenvalue weighted by Crippen LogP contribution is -2.08. The number of carbonyl (C=O) groups is 1. The molecule has 0 spiro atoms. The zero-order chi connectivity index (χ0) is 20.5. The fraction of sp³-hybridized carbons (Fsp3) is 0.269. The summed E-state index contributed by atoms with van der Waals surface area (Å²) in [5.41, 5.74) is 3.93. The number of hydrogen-bond donors (Lipinski definition) is 0. The highest BCUT2D eigenvalue weighted by Gasteiger charge is 2.09. The number of hydrogen-bond acceptors (Lipinski definition) is 3. The van der Waals surface area contributed by atoms with Crippen molar-refractivity contribution in [2.45, 2.75) is 39.5 Å². The third-order valence-electron chi connectivity index (χ3n) is 4.82. The number of ether oxygens (including phenoxy) is 2. The summed E-state index contributed by atoms with van der Waals surface area (Å²) in [6.07, 6.45) is 4.71. The zero-order valence-electron chi connectivity index (χ0n) is 17.2. The molecule has 0 radical (unpaired) electrons. The molecule has 0 N–H and O–H groups in total. The van der Waals surface area contributed by atoms with E-state index < -0.39 is 0 Å². The monoisotopic (exact) mass is 388 g/mol. The SMILES string of the molecule is CCCCCc1ccc(OC(=O)c2ccc(-c3ccc(OCC)cc3)cc2)cc1. The molecule has 0 aliphatic heterocycles. The molecule has 0 amide bonds. The number of benzene rings is 3. The molecule has 3 nitrogen and oxygen atoms in total. The predicted molar refractivity (Wildman–Crippen MR) is 118 cm³/mol. The summed E-state index contributed by atoms with van der Waals surface area (Å²) >= 11 is 0. The van der Waals surface area contributed by atoms with Gasteiger partial charge in [0.2, 0.25) is 0 Å². The summed E-state index contributed by atoms with van der Waals surface area (Å²) < 4.78 is 11.0. The average molecular weight is 389 g/mol. The topological polar surface area (TPSA) is 35.5 Å². The summed E-state index contributed by atoms with van der Waals surface area (Å²) in [5.74, 6) is 1.08. The molecule has 0 saturated heterocycles. The molecule has 0 aliphatic carbocycles. The van der Waals surface area contributed by atoms with E-state index in [1.54, 1.807) is 12.1 Å². The lowest BCUT2D eigenvalue weighted by molar-refractivity contribution is 0.0734.